The number of benzene rings is 1. The fraction of sp³-hybridized carbons (Fsp3) is 0.333. The minimum Gasteiger partial charge on any atom is -0.298 e. The van der Waals surface area contributed by atoms with E-state index in [2.05, 4.69) is 12.3 Å². The Morgan fingerprint density at radius 2 is 2.06 bits per heavy atom. The Morgan fingerprint density at radius 3 is 2.71 bits per heavy atom. The lowest BCUT2D eigenvalue weighted by atomic mass is 9.87. The minimum atomic E-state index is -0.429. The second-order valence-corrected chi connectivity index (χ2v) is 5.69. The second-order valence-electron chi connectivity index (χ2n) is 4.28. The van der Waals surface area contributed by atoms with Crippen molar-refractivity contribution >= 4 is 17.5 Å². The van der Waals surface area contributed by atoms with E-state index in [1.807, 2.05) is 36.4 Å². The highest BCUT2D eigenvalue weighted by Gasteiger charge is 2.38. The summed E-state index contributed by atoms with van der Waals surface area (Å²) in [5.41, 5.74) is 2.81. The Bertz CT molecular complexity index is 445. The third-order valence-corrected chi connectivity index (χ3v) is 4.47. The van der Waals surface area contributed by atoms with Gasteiger partial charge in [-0.1, -0.05) is 31.2 Å². The number of hydrogen-bond acceptors (Lipinski definition) is 2. The van der Waals surface area contributed by atoms with Gasteiger partial charge in [-0.05, 0) is 31.1 Å². The largest absolute Gasteiger partial charge is 0.298 e. The first-order valence-electron chi connectivity index (χ1n) is 5.91. The molecule has 1 aliphatic rings. The van der Waals surface area contributed by atoms with E-state index < -0.39 is 4.75 Å². The van der Waals surface area contributed by atoms with Gasteiger partial charge in [0.15, 0.2) is 5.78 Å². The van der Waals surface area contributed by atoms with E-state index in [0.717, 1.165) is 24.2 Å². The van der Waals surface area contributed by atoms with Crippen molar-refractivity contribution in [1.29, 1.82) is 0 Å². The Hall–Kier alpha value is -1.24. The zero-order valence-corrected chi connectivity index (χ0v) is 10.6. The van der Waals surface area contributed by atoms with Crippen molar-refractivity contribution in [3.8, 4) is 0 Å². The quantitative estimate of drug-likeness (QED) is 0.747. The highest BCUT2D eigenvalue weighted by Crippen LogP contribution is 2.42. The molecule has 1 saturated carbocycles. The molecule has 0 radical (unpaired) electrons. The molecule has 1 aromatic rings. The standard InChI is InChI=1S/C15H16OS/c1-2-11-15(12-7-6-10-14(15)16)17-13-8-4-3-5-9-13/h3-5,8-9,11H,1,6-7,10,12H2. The van der Waals surface area contributed by atoms with Crippen LogP contribution in [-0.4, -0.2) is 10.5 Å². The van der Waals surface area contributed by atoms with Crippen LogP contribution in [-0.2, 0) is 4.79 Å². The molecule has 0 saturated heterocycles. The smallest absolute Gasteiger partial charge is 0.153 e. The molecule has 88 valence electrons. The molecule has 2 heteroatoms. The maximum Gasteiger partial charge on any atom is 0.153 e. The molecule has 1 unspecified atom stereocenters. The van der Waals surface area contributed by atoms with Gasteiger partial charge in [0.2, 0.25) is 0 Å². The third kappa shape index (κ3) is 2.71. The molecule has 1 aliphatic carbocycles. The van der Waals surface area contributed by atoms with E-state index in [9.17, 15) is 4.79 Å². The lowest BCUT2D eigenvalue weighted by molar-refractivity contribution is -0.121. The van der Waals surface area contributed by atoms with Crippen molar-refractivity contribution in [3.05, 3.63) is 48.7 Å². The third-order valence-electron chi connectivity index (χ3n) is 3.05. The van der Waals surface area contributed by atoms with Crippen LogP contribution in [0.4, 0.5) is 0 Å². The average molecular weight is 244 g/mol. The van der Waals surface area contributed by atoms with E-state index >= 15 is 0 Å². The predicted molar refractivity (Wildman–Crippen MR) is 72.2 cm³/mol. The second kappa shape index (κ2) is 5.39. The summed E-state index contributed by atoms with van der Waals surface area (Å²) in [4.78, 5) is 13.3. The first-order chi connectivity index (χ1) is 8.27. The lowest BCUT2D eigenvalue weighted by Gasteiger charge is -2.31. The van der Waals surface area contributed by atoms with E-state index in [1.165, 1.54) is 0 Å². The number of carbonyl (C=O) groups is 1. The van der Waals surface area contributed by atoms with Crippen molar-refractivity contribution in [3.63, 3.8) is 0 Å². The Kier molecular flexibility index (Phi) is 3.88. The van der Waals surface area contributed by atoms with Crippen molar-refractivity contribution in [2.24, 2.45) is 0 Å². The molecular formula is C15H16OS. The number of ketones is 1. The molecule has 1 aromatic carbocycles. The fourth-order valence-electron chi connectivity index (χ4n) is 2.18. The van der Waals surface area contributed by atoms with Crippen LogP contribution < -0.4 is 0 Å². The van der Waals surface area contributed by atoms with Crippen LogP contribution in [0.1, 0.15) is 25.7 Å². The molecule has 0 aliphatic heterocycles. The van der Waals surface area contributed by atoms with Gasteiger partial charge >= 0.3 is 0 Å². The fourth-order valence-corrected chi connectivity index (χ4v) is 3.50. The first kappa shape index (κ1) is 12.2. The zero-order valence-electron chi connectivity index (χ0n) is 9.82. The summed E-state index contributed by atoms with van der Waals surface area (Å²) in [7, 11) is 0. The SMILES string of the molecule is C=C=CC1(Sc2ccccc2)CCCCC1=O. The summed E-state index contributed by atoms with van der Waals surface area (Å²) < 4.78 is -0.429. The highest BCUT2D eigenvalue weighted by atomic mass is 32.2. The molecule has 1 nitrogen and oxygen atoms in total. The normalized spacial score (nSPS) is 24.1. The minimum absolute atomic E-state index is 0.314. The van der Waals surface area contributed by atoms with E-state index in [4.69, 9.17) is 0 Å². The van der Waals surface area contributed by atoms with Gasteiger partial charge < -0.3 is 0 Å². The van der Waals surface area contributed by atoms with Crippen LogP contribution >= 0.6 is 11.8 Å². The van der Waals surface area contributed by atoms with Gasteiger partial charge in [0.1, 0.15) is 4.75 Å². The van der Waals surface area contributed by atoms with Gasteiger partial charge in [0, 0.05) is 11.3 Å². The molecule has 0 spiro atoms. The summed E-state index contributed by atoms with van der Waals surface area (Å²) >= 11 is 1.64. The van der Waals surface area contributed by atoms with Crippen LogP contribution in [0.25, 0.3) is 0 Å². The van der Waals surface area contributed by atoms with Crippen molar-refractivity contribution < 1.29 is 4.79 Å². The van der Waals surface area contributed by atoms with Gasteiger partial charge in [-0.25, -0.2) is 0 Å². The van der Waals surface area contributed by atoms with Crippen LogP contribution in [0.2, 0.25) is 0 Å². The summed E-state index contributed by atoms with van der Waals surface area (Å²) in [5, 5.41) is 0. The topological polar surface area (TPSA) is 17.1 Å². The molecule has 0 N–H and O–H groups in total. The first-order valence-corrected chi connectivity index (χ1v) is 6.73. The Morgan fingerprint density at radius 1 is 1.29 bits per heavy atom. The van der Waals surface area contributed by atoms with Gasteiger partial charge in [-0.3, -0.25) is 4.79 Å². The zero-order chi connectivity index (χ0) is 12.1. The number of hydrogen-bond donors (Lipinski definition) is 0. The average Bonchev–Trinajstić information content (AvgIpc) is 2.35. The van der Waals surface area contributed by atoms with Crippen molar-refractivity contribution in [1.82, 2.24) is 0 Å². The predicted octanol–water partition coefficient (Wildman–Crippen LogP) is 4.00. The van der Waals surface area contributed by atoms with Crippen LogP contribution in [0.3, 0.4) is 0 Å². The number of carbonyl (C=O) groups excluding carboxylic acids is 1. The monoisotopic (exact) mass is 244 g/mol. The Balaban J connectivity index is 2.28. The van der Waals surface area contributed by atoms with Crippen molar-refractivity contribution in [2.45, 2.75) is 35.3 Å². The van der Waals surface area contributed by atoms with Gasteiger partial charge in [0.25, 0.3) is 0 Å². The number of rotatable bonds is 3. The molecule has 1 fully saturated rings. The molecule has 0 amide bonds. The maximum absolute atomic E-state index is 12.2. The molecule has 1 atom stereocenters. The van der Waals surface area contributed by atoms with E-state index in [1.54, 1.807) is 11.8 Å². The highest BCUT2D eigenvalue weighted by molar-refractivity contribution is 8.01. The van der Waals surface area contributed by atoms with Gasteiger partial charge in [0.05, 0.1) is 0 Å². The molecule has 0 bridgehead atoms. The summed E-state index contributed by atoms with van der Waals surface area (Å²) in [6.45, 7) is 3.63. The van der Waals surface area contributed by atoms with Crippen LogP contribution in [0.5, 0.6) is 0 Å². The van der Waals surface area contributed by atoms with Gasteiger partial charge in [-0.2, -0.15) is 0 Å². The number of Topliss-reactive ketones (excluding diaryl/α,β-unsaturated/α-hetero) is 1. The van der Waals surface area contributed by atoms with Gasteiger partial charge in [-0.15, -0.1) is 17.5 Å². The summed E-state index contributed by atoms with van der Waals surface area (Å²) in [6.07, 6.45) is 5.54. The number of thioether (sulfide) groups is 1. The van der Waals surface area contributed by atoms with Crippen LogP contribution in [0.15, 0.2) is 53.6 Å². The summed E-state index contributed by atoms with van der Waals surface area (Å²) in [5.74, 6) is 0.314. The van der Waals surface area contributed by atoms with Crippen LogP contribution in [0, 0.1) is 0 Å². The molecule has 17 heavy (non-hydrogen) atoms. The lowest BCUT2D eigenvalue weighted by Crippen LogP contribution is -2.35. The molecule has 0 aromatic heterocycles. The summed E-state index contributed by atoms with van der Waals surface area (Å²) in [6, 6.07) is 10.1. The van der Waals surface area contributed by atoms with E-state index in [-0.39, 0.29) is 0 Å². The molecule has 0 heterocycles. The molecular weight excluding hydrogens is 228 g/mol. The van der Waals surface area contributed by atoms with Crippen molar-refractivity contribution in [2.75, 3.05) is 0 Å². The maximum atomic E-state index is 12.2. The van der Waals surface area contributed by atoms with E-state index in [0.29, 0.717) is 12.2 Å². The Labute approximate surface area is 107 Å². The molecule has 2 rings (SSSR count).